The molecule has 2 atom stereocenters. The summed E-state index contributed by atoms with van der Waals surface area (Å²) >= 11 is 0. The zero-order chi connectivity index (χ0) is 18.8. The molecule has 1 aromatic carbocycles. The molecule has 1 heterocycles. The Labute approximate surface area is 150 Å². The van der Waals surface area contributed by atoms with Gasteiger partial charge in [-0.3, -0.25) is 0 Å². The molecule has 0 spiro atoms. The topological polar surface area (TPSA) is 55.8 Å². The number of piperidine rings is 1. The fourth-order valence-corrected chi connectivity index (χ4v) is 3.28. The second kappa shape index (κ2) is 7.06. The van der Waals surface area contributed by atoms with Crippen LogP contribution in [0.3, 0.4) is 0 Å². The molecule has 25 heavy (non-hydrogen) atoms. The van der Waals surface area contributed by atoms with Crippen LogP contribution in [0.5, 0.6) is 0 Å². The number of benzene rings is 1. The van der Waals surface area contributed by atoms with E-state index in [4.69, 9.17) is 9.47 Å². The van der Waals surface area contributed by atoms with Crippen LogP contribution in [0.4, 0.5) is 4.79 Å². The van der Waals surface area contributed by atoms with Crippen LogP contribution >= 0.6 is 0 Å². The second-order valence-electron chi connectivity index (χ2n) is 8.07. The monoisotopic (exact) mass is 347 g/mol. The van der Waals surface area contributed by atoms with Crippen LogP contribution < -0.4 is 0 Å². The first-order valence-corrected chi connectivity index (χ1v) is 8.73. The average Bonchev–Trinajstić information content (AvgIpc) is 2.55. The minimum absolute atomic E-state index is 0.109. The maximum Gasteiger partial charge on any atom is 0.410 e. The highest BCUT2D eigenvalue weighted by Gasteiger charge is 2.40. The number of methoxy groups -OCH3 is 1. The summed E-state index contributed by atoms with van der Waals surface area (Å²) in [5, 5.41) is 0. The highest BCUT2D eigenvalue weighted by molar-refractivity contribution is 5.89. The molecule has 1 fully saturated rings. The molecular formula is C20H29NO4. The third-order valence-electron chi connectivity index (χ3n) is 5.08. The van der Waals surface area contributed by atoms with Crippen molar-refractivity contribution in [2.75, 3.05) is 20.2 Å². The average molecular weight is 347 g/mol. The van der Waals surface area contributed by atoms with Gasteiger partial charge in [0.15, 0.2) is 0 Å². The molecule has 5 nitrogen and oxygen atoms in total. The molecule has 2 rings (SSSR count). The number of ether oxygens (including phenoxy) is 2. The number of nitrogens with zero attached hydrogens (tertiary/aromatic N) is 1. The van der Waals surface area contributed by atoms with Crippen molar-refractivity contribution in [1.29, 1.82) is 0 Å². The van der Waals surface area contributed by atoms with E-state index in [9.17, 15) is 9.59 Å². The zero-order valence-corrected chi connectivity index (χ0v) is 16.1. The third kappa shape index (κ3) is 4.33. The molecule has 1 aromatic rings. The predicted octanol–water partition coefficient (Wildman–Crippen LogP) is 4.01. The molecule has 0 aliphatic carbocycles. The predicted molar refractivity (Wildman–Crippen MR) is 96.7 cm³/mol. The standard InChI is InChI=1S/C20H29NO4/c1-14-13-21(18(23)25-19(2,3)4)11-10-20(14,5)16-9-7-8-15(12-16)17(22)24-6/h7-9,12,14H,10-11,13H2,1-6H3. The fourth-order valence-electron chi connectivity index (χ4n) is 3.28. The quantitative estimate of drug-likeness (QED) is 0.759. The minimum Gasteiger partial charge on any atom is -0.465 e. The Kier molecular flexibility index (Phi) is 5.45. The van der Waals surface area contributed by atoms with Gasteiger partial charge in [-0.1, -0.05) is 26.0 Å². The van der Waals surface area contributed by atoms with Crippen molar-refractivity contribution in [3.8, 4) is 0 Å². The van der Waals surface area contributed by atoms with Crippen LogP contribution in [-0.2, 0) is 14.9 Å². The lowest BCUT2D eigenvalue weighted by Gasteiger charge is -2.45. The molecule has 0 radical (unpaired) electrons. The van der Waals surface area contributed by atoms with Crippen LogP contribution in [-0.4, -0.2) is 42.8 Å². The number of amides is 1. The molecule has 1 aliphatic heterocycles. The Hall–Kier alpha value is -2.04. The van der Waals surface area contributed by atoms with Gasteiger partial charge in [-0.2, -0.15) is 0 Å². The normalized spacial score (nSPS) is 23.9. The van der Waals surface area contributed by atoms with Crippen molar-refractivity contribution in [3.63, 3.8) is 0 Å². The number of carbonyl (C=O) groups excluding carboxylic acids is 2. The van der Waals surface area contributed by atoms with Gasteiger partial charge in [-0.25, -0.2) is 9.59 Å². The van der Waals surface area contributed by atoms with Crippen LogP contribution in [0.1, 0.15) is 57.0 Å². The van der Waals surface area contributed by atoms with Crippen molar-refractivity contribution in [3.05, 3.63) is 35.4 Å². The Bertz CT molecular complexity index is 649. The summed E-state index contributed by atoms with van der Waals surface area (Å²) in [6.45, 7) is 11.2. The Balaban J connectivity index is 2.16. The minimum atomic E-state index is -0.490. The van der Waals surface area contributed by atoms with Gasteiger partial charge in [-0.05, 0) is 56.2 Å². The van der Waals surface area contributed by atoms with E-state index in [-0.39, 0.29) is 23.4 Å². The number of carbonyl (C=O) groups is 2. The largest absolute Gasteiger partial charge is 0.465 e. The van der Waals surface area contributed by atoms with Gasteiger partial charge in [0.25, 0.3) is 0 Å². The van der Waals surface area contributed by atoms with Crippen molar-refractivity contribution in [2.45, 2.75) is 52.1 Å². The van der Waals surface area contributed by atoms with Crippen molar-refractivity contribution in [1.82, 2.24) is 4.90 Å². The lowest BCUT2D eigenvalue weighted by atomic mass is 9.68. The van der Waals surface area contributed by atoms with E-state index >= 15 is 0 Å². The molecular weight excluding hydrogens is 318 g/mol. The summed E-state index contributed by atoms with van der Waals surface area (Å²) in [7, 11) is 1.39. The third-order valence-corrected chi connectivity index (χ3v) is 5.08. The van der Waals surface area contributed by atoms with Gasteiger partial charge >= 0.3 is 12.1 Å². The second-order valence-corrected chi connectivity index (χ2v) is 8.07. The molecule has 1 aliphatic rings. The molecule has 0 N–H and O–H groups in total. The van der Waals surface area contributed by atoms with Crippen molar-refractivity contribution < 1.29 is 19.1 Å². The van der Waals surface area contributed by atoms with Crippen LogP contribution in [0.15, 0.2) is 24.3 Å². The number of hydrogen-bond donors (Lipinski definition) is 0. The molecule has 1 saturated heterocycles. The lowest BCUT2D eigenvalue weighted by Crippen LogP contribution is -2.50. The first-order chi connectivity index (χ1) is 11.6. The molecule has 5 heteroatoms. The van der Waals surface area contributed by atoms with Gasteiger partial charge < -0.3 is 14.4 Å². The lowest BCUT2D eigenvalue weighted by molar-refractivity contribution is 0.00922. The summed E-state index contributed by atoms with van der Waals surface area (Å²) in [6, 6.07) is 7.61. The number of rotatable bonds is 2. The molecule has 1 amide bonds. The Morgan fingerprint density at radius 1 is 1.28 bits per heavy atom. The summed E-state index contributed by atoms with van der Waals surface area (Å²) in [5.41, 5.74) is 1.06. The number of esters is 1. The molecule has 138 valence electrons. The van der Waals surface area contributed by atoms with Gasteiger partial charge in [-0.15, -0.1) is 0 Å². The molecule has 0 saturated carbocycles. The van der Waals surface area contributed by atoms with E-state index in [0.29, 0.717) is 18.7 Å². The first-order valence-electron chi connectivity index (χ1n) is 8.73. The first kappa shape index (κ1) is 19.3. The Morgan fingerprint density at radius 3 is 2.52 bits per heavy atom. The molecule has 0 aromatic heterocycles. The highest BCUT2D eigenvalue weighted by atomic mass is 16.6. The van der Waals surface area contributed by atoms with Crippen molar-refractivity contribution >= 4 is 12.1 Å². The summed E-state index contributed by atoms with van der Waals surface area (Å²) < 4.78 is 10.3. The van der Waals surface area contributed by atoms with Crippen LogP contribution in [0.2, 0.25) is 0 Å². The van der Waals surface area contributed by atoms with E-state index in [2.05, 4.69) is 13.8 Å². The van der Waals surface area contributed by atoms with E-state index in [1.54, 1.807) is 11.0 Å². The number of hydrogen-bond acceptors (Lipinski definition) is 4. The SMILES string of the molecule is COC(=O)c1cccc(C2(C)CCN(C(=O)OC(C)(C)C)CC2C)c1. The van der Waals surface area contributed by atoms with E-state index in [1.165, 1.54) is 7.11 Å². The summed E-state index contributed by atoms with van der Waals surface area (Å²) in [4.78, 5) is 25.9. The highest BCUT2D eigenvalue weighted by Crippen LogP contribution is 2.40. The van der Waals surface area contributed by atoms with Crippen molar-refractivity contribution in [2.24, 2.45) is 5.92 Å². The number of likely N-dealkylation sites (tertiary alicyclic amines) is 1. The molecule has 0 bridgehead atoms. The maximum absolute atomic E-state index is 12.3. The van der Waals surface area contributed by atoms with E-state index in [0.717, 1.165) is 12.0 Å². The van der Waals surface area contributed by atoms with E-state index in [1.807, 2.05) is 39.0 Å². The fraction of sp³-hybridized carbons (Fsp3) is 0.600. The van der Waals surface area contributed by atoms with Gasteiger partial charge in [0, 0.05) is 13.1 Å². The van der Waals surface area contributed by atoms with E-state index < -0.39 is 5.60 Å². The van der Waals surface area contributed by atoms with Gasteiger partial charge in [0.05, 0.1) is 12.7 Å². The van der Waals surface area contributed by atoms with Crippen LogP contribution in [0, 0.1) is 5.92 Å². The summed E-state index contributed by atoms with van der Waals surface area (Å²) in [6.07, 6.45) is 0.558. The Morgan fingerprint density at radius 2 is 1.96 bits per heavy atom. The zero-order valence-electron chi connectivity index (χ0n) is 16.1. The van der Waals surface area contributed by atoms with Gasteiger partial charge in [0.1, 0.15) is 5.60 Å². The summed E-state index contributed by atoms with van der Waals surface area (Å²) in [5.74, 6) is -0.0917. The smallest absolute Gasteiger partial charge is 0.410 e. The van der Waals surface area contributed by atoms with Gasteiger partial charge in [0.2, 0.25) is 0 Å². The molecule has 2 unspecified atom stereocenters. The van der Waals surface area contributed by atoms with Crippen LogP contribution in [0.25, 0.3) is 0 Å². The maximum atomic E-state index is 12.3.